The molecule has 0 amide bonds. The lowest BCUT2D eigenvalue weighted by atomic mass is 10.0. The van der Waals surface area contributed by atoms with E-state index in [0.717, 1.165) is 5.56 Å². The van der Waals surface area contributed by atoms with E-state index in [4.69, 9.17) is 10.3 Å². The van der Waals surface area contributed by atoms with Crippen molar-refractivity contribution < 1.29 is 8.91 Å². The Hall–Kier alpha value is -2.53. The van der Waals surface area contributed by atoms with Gasteiger partial charge in [0.25, 0.3) is 0 Å². The second-order valence-corrected chi connectivity index (χ2v) is 5.14. The third kappa shape index (κ3) is 3.38. The maximum Gasteiger partial charge on any atom is 0.228 e. The number of rotatable bonds is 5. The zero-order chi connectivity index (χ0) is 15.4. The molecular weight excluding hydrogens is 281 g/mol. The van der Waals surface area contributed by atoms with Crippen molar-refractivity contribution in [3.05, 3.63) is 71.9 Å². The quantitative estimate of drug-likeness (QED) is 0.786. The summed E-state index contributed by atoms with van der Waals surface area (Å²) in [6.07, 6.45) is 0.837. The Balaban J connectivity index is 1.66. The van der Waals surface area contributed by atoms with Crippen molar-refractivity contribution in [1.82, 2.24) is 10.1 Å². The van der Waals surface area contributed by atoms with Crippen LogP contribution < -0.4 is 5.73 Å². The molecule has 1 unspecified atom stereocenters. The summed E-state index contributed by atoms with van der Waals surface area (Å²) in [5, 5.41) is 3.95. The Morgan fingerprint density at radius 2 is 1.73 bits per heavy atom. The second-order valence-electron chi connectivity index (χ2n) is 5.14. The van der Waals surface area contributed by atoms with Crippen LogP contribution in [0.2, 0.25) is 0 Å². The van der Waals surface area contributed by atoms with Crippen LogP contribution in [-0.4, -0.2) is 16.2 Å². The maximum atomic E-state index is 13.6. The molecule has 5 heteroatoms. The monoisotopic (exact) mass is 297 g/mol. The predicted molar refractivity (Wildman–Crippen MR) is 81.5 cm³/mol. The molecule has 2 N–H and O–H groups in total. The number of hydrogen-bond donors (Lipinski definition) is 1. The van der Waals surface area contributed by atoms with Gasteiger partial charge in [-0.3, -0.25) is 0 Å². The van der Waals surface area contributed by atoms with Gasteiger partial charge in [0.2, 0.25) is 11.7 Å². The Morgan fingerprint density at radius 1 is 1.00 bits per heavy atom. The lowest BCUT2D eigenvalue weighted by Gasteiger charge is -2.09. The van der Waals surface area contributed by atoms with Crippen LogP contribution >= 0.6 is 0 Å². The molecular formula is C17H16FN3O. The highest BCUT2D eigenvalue weighted by molar-refractivity contribution is 5.53. The Labute approximate surface area is 127 Å². The van der Waals surface area contributed by atoms with Gasteiger partial charge in [0.05, 0.1) is 0 Å². The summed E-state index contributed by atoms with van der Waals surface area (Å²) < 4.78 is 18.8. The van der Waals surface area contributed by atoms with Crippen LogP contribution in [0.1, 0.15) is 11.5 Å². The molecule has 112 valence electrons. The zero-order valence-corrected chi connectivity index (χ0v) is 11.9. The minimum Gasteiger partial charge on any atom is -0.339 e. The van der Waals surface area contributed by atoms with Crippen LogP contribution in [-0.2, 0) is 12.8 Å². The van der Waals surface area contributed by atoms with E-state index in [-0.39, 0.29) is 11.9 Å². The molecule has 1 heterocycles. The average molecular weight is 297 g/mol. The van der Waals surface area contributed by atoms with Crippen LogP contribution in [0.3, 0.4) is 0 Å². The van der Waals surface area contributed by atoms with Crippen LogP contribution in [0.15, 0.2) is 59.1 Å². The summed E-state index contributed by atoms with van der Waals surface area (Å²) in [5.41, 5.74) is 7.54. The van der Waals surface area contributed by atoms with E-state index < -0.39 is 0 Å². The lowest BCUT2D eigenvalue weighted by molar-refractivity contribution is 0.368. The van der Waals surface area contributed by atoms with Crippen molar-refractivity contribution in [1.29, 1.82) is 0 Å². The Bertz CT molecular complexity index is 742. The standard InChI is InChI=1S/C17H16FN3O/c18-15-9-5-4-8-13(15)10-14(19)11-16-20-17(21-22-16)12-6-2-1-3-7-12/h1-9,14H,10-11,19H2. The molecule has 0 fully saturated rings. The molecule has 0 saturated heterocycles. The molecule has 1 aromatic heterocycles. The minimum atomic E-state index is -0.277. The molecule has 0 spiro atoms. The van der Waals surface area contributed by atoms with E-state index in [2.05, 4.69) is 10.1 Å². The van der Waals surface area contributed by atoms with Gasteiger partial charge in [-0.05, 0) is 18.1 Å². The first-order valence-electron chi connectivity index (χ1n) is 7.09. The number of nitrogens with zero attached hydrogens (tertiary/aromatic N) is 2. The van der Waals surface area contributed by atoms with Crippen LogP contribution in [0, 0.1) is 5.82 Å². The fourth-order valence-corrected chi connectivity index (χ4v) is 2.29. The summed E-state index contributed by atoms with van der Waals surface area (Å²) in [5.74, 6) is 0.754. The van der Waals surface area contributed by atoms with Crippen molar-refractivity contribution in [3.8, 4) is 11.4 Å². The van der Waals surface area contributed by atoms with Gasteiger partial charge >= 0.3 is 0 Å². The first kappa shape index (κ1) is 14.4. The minimum absolute atomic E-state index is 0.242. The van der Waals surface area contributed by atoms with Crippen LogP contribution in [0.25, 0.3) is 11.4 Å². The van der Waals surface area contributed by atoms with Gasteiger partial charge in [-0.25, -0.2) is 4.39 Å². The van der Waals surface area contributed by atoms with Gasteiger partial charge in [-0.15, -0.1) is 0 Å². The fraction of sp³-hybridized carbons (Fsp3) is 0.176. The third-order valence-corrected chi connectivity index (χ3v) is 3.38. The first-order chi connectivity index (χ1) is 10.7. The summed E-state index contributed by atoms with van der Waals surface area (Å²) >= 11 is 0. The smallest absolute Gasteiger partial charge is 0.228 e. The molecule has 0 aliphatic carbocycles. The van der Waals surface area contributed by atoms with Gasteiger partial charge in [0, 0.05) is 18.0 Å². The van der Waals surface area contributed by atoms with Gasteiger partial charge < -0.3 is 10.3 Å². The van der Waals surface area contributed by atoms with E-state index in [9.17, 15) is 4.39 Å². The molecule has 3 rings (SSSR count). The predicted octanol–water partition coefficient (Wildman–Crippen LogP) is 2.99. The Kier molecular flexibility index (Phi) is 4.25. The molecule has 0 saturated carbocycles. The number of benzene rings is 2. The maximum absolute atomic E-state index is 13.6. The number of halogens is 1. The normalized spacial score (nSPS) is 12.3. The molecule has 1 atom stereocenters. The van der Waals surface area contributed by atoms with Crippen molar-refractivity contribution in [2.45, 2.75) is 18.9 Å². The highest BCUT2D eigenvalue weighted by Gasteiger charge is 2.14. The topological polar surface area (TPSA) is 64.9 Å². The SMILES string of the molecule is NC(Cc1nc(-c2ccccc2)no1)Cc1ccccc1F. The molecule has 0 radical (unpaired) electrons. The average Bonchev–Trinajstić information content (AvgIpc) is 2.99. The third-order valence-electron chi connectivity index (χ3n) is 3.38. The second kappa shape index (κ2) is 6.49. The van der Waals surface area contributed by atoms with Crippen molar-refractivity contribution in [3.63, 3.8) is 0 Å². The summed E-state index contributed by atoms with van der Waals surface area (Å²) in [6, 6.07) is 15.9. The largest absolute Gasteiger partial charge is 0.339 e. The molecule has 0 bridgehead atoms. The lowest BCUT2D eigenvalue weighted by Crippen LogP contribution is -2.26. The van der Waals surface area contributed by atoms with Gasteiger partial charge in [0.1, 0.15) is 5.82 Å². The summed E-state index contributed by atoms with van der Waals surface area (Å²) in [4.78, 5) is 4.33. The molecule has 2 aromatic carbocycles. The van der Waals surface area contributed by atoms with Gasteiger partial charge in [-0.1, -0.05) is 53.7 Å². The molecule has 22 heavy (non-hydrogen) atoms. The molecule has 4 nitrogen and oxygen atoms in total. The van der Waals surface area contributed by atoms with Crippen LogP contribution in [0.5, 0.6) is 0 Å². The van der Waals surface area contributed by atoms with E-state index in [1.807, 2.05) is 30.3 Å². The zero-order valence-electron chi connectivity index (χ0n) is 11.9. The van der Waals surface area contributed by atoms with Crippen molar-refractivity contribution in [2.75, 3.05) is 0 Å². The summed E-state index contributed by atoms with van der Waals surface area (Å²) in [7, 11) is 0. The van der Waals surface area contributed by atoms with Gasteiger partial charge in [-0.2, -0.15) is 4.98 Å². The number of nitrogens with two attached hydrogens (primary N) is 1. The fourth-order valence-electron chi connectivity index (χ4n) is 2.29. The van der Waals surface area contributed by atoms with E-state index in [1.54, 1.807) is 18.2 Å². The number of hydrogen-bond acceptors (Lipinski definition) is 4. The van der Waals surface area contributed by atoms with E-state index >= 15 is 0 Å². The van der Waals surface area contributed by atoms with E-state index in [0.29, 0.717) is 30.1 Å². The highest BCUT2D eigenvalue weighted by Crippen LogP contribution is 2.16. The highest BCUT2D eigenvalue weighted by atomic mass is 19.1. The summed E-state index contributed by atoms with van der Waals surface area (Å²) in [6.45, 7) is 0. The van der Waals surface area contributed by atoms with Crippen molar-refractivity contribution in [2.24, 2.45) is 5.73 Å². The van der Waals surface area contributed by atoms with Crippen LogP contribution in [0.4, 0.5) is 4.39 Å². The van der Waals surface area contributed by atoms with E-state index in [1.165, 1.54) is 6.07 Å². The van der Waals surface area contributed by atoms with Crippen molar-refractivity contribution >= 4 is 0 Å². The molecule has 0 aliphatic heterocycles. The first-order valence-corrected chi connectivity index (χ1v) is 7.09. The Morgan fingerprint density at radius 3 is 2.50 bits per heavy atom. The van der Waals surface area contributed by atoms with Gasteiger partial charge in [0.15, 0.2) is 0 Å². The number of aromatic nitrogens is 2. The molecule has 0 aliphatic rings. The molecule has 3 aromatic rings.